The second-order valence-electron chi connectivity index (χ2n) is 9.20. The van der Waals surface area contributed by atoms with Crippen LogP contribution in [0.1, 0.15) is 39.1 Å². The van der Waals surface area contributed by atoms with E-state index in [1.54, 1.807) is 43.3 Å². The van der Waals surface area contributed by atoms with Gasteiger partial charge in [-0.1, -0.05) is 36.7 Å². The van der Waals surface area contributed by atoms with E-state index in [9.17, 15) is 13.2 Å². The molecule has 0 aliphatic rings. The summed E-state index contributed by atoms with van der Waals surface area (Å²) >= 11 is 6.45. The van der Waals surface area contributed by atoms with Gasteiger partial charge in [-0.05, 0) is 74.9 Å². The van der Waals surface area contributed by atoms with Crippen LogP contribution in [-0.4, -0.2) is 29.6 Å². The minimum Gasteiger partial charge on any atom is -0.480 e. The number of rotatable bonds is 9. The summed E-state index contributed by atoms with van der Waals surface area (Å²) < 4.78 is 32.3. The summed E-state index contributed by atoms with van der Waals surface area (Å²) in [5.74, 6) is 1.25. The summed E-state index contributed by atoms with van der Waals surface area (Å²) in [7, 11) is -3.26. The number of para-hydroxylation sites is 1. The third-order valence-corrected chi connectivity index (χ3v) is 8.17. The molecule has 1 heterocycles. The molecule has 4 rings (SSSR count). The number of aryl methyl sites for hydroxylation is 1. The van der Waals surface area contributed by atoms with E-state index in [0.717, 1.165) is 22.4 Å². The topological polar surface area (TPSA) is 90.3 Å². The molecule has 1 amide bonds. The molecule has 0 atom stereocenters. The standard InChI is InChI=1S/C28H30ClN3O4S/c1-5-32-26-23(29)8-7-9-24(26)31-27(32)28(3,4)36-21-14-12-20(13-15-21)30-25(33)18-19-10-16-22(17-11-19)37(34,35)6-2/h7-17H,5-6,18H2,1-4H3,(H,30,33). The fraction of sp³-hybridized carbons (Fsp3) is 0.286. The summed E-state index contributed by atoms with van der Waals surface area (Å²) in [6, 6.07) is 19.2. The van der Waals surface area contributed by atoms with Crippen molar-refractivity contribution in [2.75, 3.05) is 11.1 Å². The zero-order valence-electron chi connectivity index (χ0n) is 21.3. The van der Waals surface area contributed by atoms with Crippen LogP contribution in [0, 0.1) is 0 Å². The van der Waals surface area contributed by atoms with Gasteiger partial charge in [-0.3, -0.25) is 4.79 Å². The SMILES string of the molecule is CCn1c(C(C)(C)Oc2ccc(NC(=O)Cc3ccc(S(=O)(=O)CC)cc3)cc2)nc2cccc(Cl)c21. The number of carbonyl (C=O) groups is 1. The Bertz CT molecular complexity index is 1530. The van der Waals surface area contributed by atoms with Crippen molar-refractivity contribution in [1.29, 1.82) is 0 Å². The number of halogens is 1. The fourth-order valence-electron chi connectivity index (χ4n) is 4.23. The molecule has 9 heteroatoms. The molecule has 0 aliphatic heterocycles. The average molecular weight is 540 g/mol. The van der Waals surface area contributed by atoms with E-state index in [2.05, 4.69) is 9.88 Å². The number of nitrogens with zero attached hydrogens (tertiary/aromatic N) is 2. The van der Waals surface area contributed by atoms with Gasteiger partial charge in [0.25, 0.3) is 0 Å². The Morgan fingerprint density at radius 1 is 1.03 bits per heavy atom. The van der Waals surface area contributed by atoms with Gasteiger partial charge in [0.1, 0.15) is 5.75 Å². The minimum absolute atomic E-state index is 0.0384. The first-order valence-electron chi connectivity index (χ1n) is 12.1. The highest BCUT2D eigenvalue weighted by molar-refractivity contribution is 7.91. The third-order valence-electron chi connectivity index (χ3n) is 6.11. The van der Waals surface area contributed by atoms with Crippen LogP contribution in [0.15, 0.2) is 71.6 Å². The molecular formula is C28H30ClN3O4S. The number of ether oxygens (including phenoxy) is 1. The highest BCUT2D eigenvalue weighted by atomic mass is 35.5. The zero-order valence-corrected chi connectivity index (χ0v) is 22.9. The van der Waals surface area contributed by atoms with Crippen molar-refractivity contribution < 1.29 is 17.9 Å². The van der Waals surface area contributed by atoms with E-state index in [4.69, 9.17) is 21.3 Å². The first kappa shape index (κ1) is 26.7. The molecule has 0 saturated carbocycles. The quantitative estimate of drug-likeness (QED) is 0.282. The van der Waals surface area contributed by atoms with Crippen LogP contribution in [0.2, 0.25) is 5.02 Å². The monoisotopic (exact) mass is 539 g/mol. The molecule has 0 bridgehead atoms. The van der Waals surface area contributed by atoms with Gasteiger partial charge in [0.05, 0.1) is 33.1 Å². The van der Waals surface area contributed by atoms with Gasteiger partial charge in [0, 0.05) is 12.2 Å². The minimum atomic E-state index is -3.26. The van der Waals surface area contributed by atoms with Crippen molar-refractivity contribution in [3.63, 3.8) is 0 Å². The summed E-state index contributed by atoms with van der Waals surface area (Å²) in [4.78, 5) is 17.6. The average Bonchev–Trinajstić information content (AvgIpc) is 3.26. The third kappa shape index (κ3) is 5.81. The number of imidazole rings is 1. The number of anilines is 1. The predicted molar refractivity (Wildman–Crippen MR) is 147 cm³/mol. The summed E-state index contributed by atoms with van der Waals surface area (Å²) in [6.45, 7) is 8.27. The van der Waals surface area contributed by atoms with Crippen LogP contribution >= 0.6 is 11.6 Å². The van der Waals surface area contributed by atoms with Crippen LogP contribution in [0.5, 0.6) is 5.75 Å². The Labute approximate surface area is 222 Å². The Hall–Kier alpha value is -3.36. The molecule has 7 nitrogen and oxygen atoms in total. The maximum Gasteiger partial charge on any atom is 0.228 e. The number of amides is 1. The Balaban J connectivity index is 1.43. The van der Waals surface area contributed by atoms with E-state index < -0.39 is 15.4 Å². The first-order valence-corrected chi connectivity index (χ1v) is 14.1. The van der Waals surface area contributed by atoms with Crippen molar-refractivity contribution in [3.05, 3.63) is 83.1 Å². The summed E-state index contributed by atoms with van der Waals surface area (Å²) in [5, 5.41) is 3.52. The highest BCUT2D eigenvalue weighted by Gasteiger charge is 2.30. The molecule has 0 radical (unpaired) electrons. The molecule has 0 fully saturated rings. The highest BCUT2D eigenvalue weighted by Crippen LogP contribution is 2.33. The maximum absolute atomic E-state index is 12.5. The molecule has 1 N–H and O–H groups in total. The number of sulfone groups is 1. The van der Waals surface area contributed by atoms with Crippen molar-refractivity contribution in [2.24, 2.45) is 0 Å². The number of hydrogen-bond donors (Lipinski definition) is 1. The van der Waals surface area contributed by atoms with Crippen LogP contribution < -0.4 is 10.1 Å². The predicted octanol–water partition coefficient (Wildman–Crippen LogP) is 6.00. The second kappa shape index (κ2) is 10.6. The van der Waals surface area contributed by atoms with Crippen molar-refractivity contribution in [3.8, 4) is 5.75 Å². The summed E-state index contributed by atoms with van der Waals surface area (Å²) in [5.41, 5.74) is 2.33. The first-order chi connectivity index (χ1) is 17.5. The van der Waals surface area contributed by atoms with E-state index >= 15 is 0 Å². The van der Waals surface area contributed by atoms with Crippen LogP contribution in [0.25, 0.3) is 11.0 Å². The van der Waals surface area contributed by atoms with E-state index in [-0.39, 0.29) is 23.0 Å². The van der Waals surface area contributed by atoms with Gasteiger partial charge in [-0.2, -0.15) is 0 Å². The number of nitrogens with one attached hydrogen (secondary N) is 1. The number of hydrogen-bond acceptors (Lipinski definition) is 5. The van der Waals surface area contributed by atoms with Crippen molar-refractivity contribution in [2.45, 2.75) is 51.2 Å². The van der Waals surface area contributed by atoms with Crippen LogP contribution in [0.4, 0.5) is 5.69 Å². The fourth-order valence-corrected chi connectivity index (χ4v) is 5.38. The molecule has 1 aromatic heterocycles. The zero-order chi connectivity index (χ0) is 26.8. The number of aromatic nitrogens is 2. The lowest BCUT2D eigenvalue weighted by atomic mass is 10.1. The van der Waals surface area contributed by atoms with Crippen molar-refractivity contribution >= 4 is 44.1 Å². The number of carbonyl (C=O) groups excluding carboxylic acids is 1. The molecule has 0 aliphatic carbocycles. The number of fused-ring (bicyclic) bond motifs is 1. The molecule has 0 spiro atoms. The molecule has 3 aromatic carbocycles. The molecular weight excluding hydrogens is 510 g/mol. The lowest BCUT2D eigenvalue weighted by Crippen LogP contribution is -2.29. The van der Waals surface area contributed by atoms with Gasteiger partial charge in [-0.25, -0.2) is 13.4 Å². The molecule has 4 aromatic rings. The van der Waals surface area contributed by atoms with Gasteiger partial charge in [-0.15, -0.1) is 0 Å². The Morgan fingerprint density at radius 2 is 1.70 bits per heavy atom. The van der Waals surface area contributed by atoms with E-state index in [1.807, 2.05) is 39.0 Å². The Morgan fingerprint density at radius 3 is 2.32 bits per heavy atom. The lowest BCUT2D eigenvalue weighted by molar-refractivity contribution is -0.115. The molecule has 0 saturated heterocycles. The maximum atomic E-state index is 12.5. The van der Waals surface area contributed by atoms with Gasteiger partial charge >= 0.3 is 0 Å². The molecule has 37 heavy (non-hydrogen) atoms. The smallest absolute Gasteiger partial charge is 0.228 e. The van der Waals surface area contributed by atoms with Gasteiger partial charge in [0.15, 0.2) is 21.3 Å². The largest absolute Gasteiger partial charge is 0.480 e. The molecule has 194 valence electrons. The van der Waals surface area contributed by atoms with E-state index in [1.165, 1.54) is 12.1 Å². The van der Waals surface area contributed by atoms with E-state index in [0.29, 0.717) is 23.0 Å². The lowest BCUT2D eigenvalue weighted by Gasteiger charge is -2.27. The van der Waals surface area contributed by atoms with Crippen LogP contribution in [0.3, 0.4) is 0 Å². The molecule has 0 unspecified atom stereocenters. The van der Waals surface area contributed by atoms with Gasteiger partial charge < -0.3 is 14.6 Å². The van der Waals surface area contributed by atoms with Gasteiger partial charge in [0.2, 0.25) is 5.91 Å². The van der Waals surface area contributed by atoms with Crippen LogP contribution in [-0.2, 0) is 33.2 Å². The summed E-state index contributed by atoms with van der Waals surface area (Å²) in [6.07, 6.45) is 0.132. The Kier molecular flexibility index (Phi) is 7.62. The normalized spacial score (nSPS) is 12.0. The second-order valence-corrected chi connectivity index (χ2v) is 11.9. The number of benzene rings is 3. The van der Waals surface area contributed by atoms with Crippen molar-refractivity contribution in [1.82, 2.24) is 9.55 Å².